The van der Waals surface area contributed by atoms with E-state index in [9.17, 15) is 4.79 Å². The van der Waals surface area contributed by atoms with E-state index in [1.54, 1.807) is 10.8 Å². The van der Waals surface area contributed by atoms with Crippen molar-refractivity contribution in [1.82, 2.24) is 19.4 Å². The molecule has 6 nitrogen and oxygen atoms in total. The molecule has 1 aromatic carbocycles. The molecule has 26 heavy (non-hydrogen) atoms. The van der Waals surface area contributed by atoms with E-state index < -0.39 is 5.97 Å². The minimum Gasteiger partial charge on any atom is -0.456 e. The lowest BCUT2D eigenvalue weighted by Gasteiger charge is -2.03. The van der Waals surface area contributed by atoms with E-state index in [0.717, 1.165) is 22.8 Å². The number of hydrogen-bond donors (Lipinski definition) is 0. The van der Waals surface area contributed by atoms with Gasteiger partial charge in [-0.05, 0) is 18.6 Å². The lowest BCUT2D eigenvalue weighted by Crippen LogP contribution is -2.02. The summed E-state index contributed by atoms with van der Waals surface area (Å²) in [5.41, 5.74) is 2.92. The van der Waals surface area contributed by atoms with Gasteiger partial charge in [0.15, 0.2) is 0 Å². The molecule has 0 atom stereocenters. The predicted octanol–water partition coefficient (Wildman–Crippen LogP) is 4.15. The first-order valence-electron chi connectivity index (χ1n) is 7.63. The molecule has 134 valence electrons. The van der Waals surface area contributed by atoms with Crippen LogP contribution in [0.3, 0.4) is 0 Å². The van der Waals surface area contributed by atoms with Crippen LogP contribution in [-0.2, 0) is 22.7 Å². The summed E-state index contributed by atoms with van der Waals surface area (Å²) in [4.78, 5) is 11.9. The van der Waals surface area contributed by atoms with Crippen molar-refractivity contribution in [3.05, 3.63) is 68.4 Å². The number of halogens is 2. The van der Waals surface area contributed by atoms with Crippen LogP contribution in [0.25, 0.3) is 6.08 Å². The fourth-order valence-electron chi connectivity index (χ4n) is 2.24. The maximum atomic E-state index is 11.9. The molecule has 9 heteroatoms. The van der Waals surface area contributed by atoms with E-state index in [1.165, 1.54) is 6.08 Å². The smallest absolute Gasteiger partial charge is 0.331 e. The van der Waals surface area contributed by atoms with Crippen LogP contribution in [0.15, 0.2) is 36.4 Å². The normalized spacial score (nSPS) is 11.2. The van der Waals surface area contributed by atoms with E-state index in [1.807, 2.05) is 37.3 Å². The van der Waals surface area contributed by atoms with Gasteiger partial charge in [-0.1, -0.05) is 58.0 Å². The van der Waals surface area contributed by atoms with E-state index in [2.05, 4.69) is 14.7 Å². The number of hydrogen-bond acceptors (Lipinski definition) is 6. The van der Waals surface area contributed by atoms with E-state index in [0.29, 0.717) is 27.3 Å². The summed E-state index contributed by atoms with van der Waals surface area (Å²) >= 11 is 13.3. The molecule has 0 bridgehead atoms. The molecule has 0 unspecified atom stereocenters. The molecular formula is C17H14Cl2N4O2S. The van der Waals surface area contributed by atoms with Crippen LogP contribution in [0.5, 0.6) is 0 Å². The Hall–Kier alpha value is -2.22. The van der Waals surface area contributed by atoms with Crippen molar-refractivity contribution >= 4 is 46.8 Å². The summed E-state index contributed by atoms with van der Waals surface area (Å²) in [7, 11) is 0. The summed E-state index contributed by atoms with van der Waals surface area (Å²) in [5, 5.41) is 8.67. The molecule has 2 aromatic heterocycles. The number of ether oxygens (including phenoxy) is 1. The van der Waals surface area contributed by atoms with Crippen molar-refractivity contribution in [2.45, 2.75) is 20.1 Å². The number of carbonyl (C=O) groups is 1. The van der Waals surface area contributed by atoms with Gasteiger partial charge in [-0.15, -0.1) is 5.10 Å². The van der Waals surface area contributed by atoms with Gasteiger partial charge in [-0.3, -0.25) is 0 Å². The fraction of sp³-hybridized carbons (Fsp3) is 0.176. The highest BCUT2D eigenvalue weighted by molar-refractivity contribution is 7.10. The first-order chi connectivity index (χ1) is 12.5. The van der Waals surface area contributed by atoms with Gasteiger partial charge in [0.2, 0.25) is 0 Å². The van der Waals surface area contributed by atoms with Gasteiger partial charge in [-0.25, -0.2) is 9.48 Å². The number of benzene rings is 1. The molecule has 0 fully saturated rings. The number of aromatic nitrogens is 4. The zero-order valence-electron chi connectivity index (χ0n) is 13.7. The van der Waals surface area contributed by atoms with Crippen LogP contribution in [0.4, 0.5) is 0 Å². The van der Waals surface area contributed by atoms with Crippen molar-refractivity contribution < 1.29 is 9.53 Å². The van der Waals surface area contributed by atoms with Gasteiger partial charge in [0.1, 0.15) is 21.8 Å². The Morgan fingerprint density at radius 2 is 2.08 bits per heavy atom. The van der Waals surface area contributed by atoms with E-state index >= 15 is 0 Å². The van der Waals surface area contributed by atoms with Gasteiger partial charge in [0, 0.05) is 23.2 Å². The molecule has 0 spiro atoms. The maximum absolute atomic E-state index is 11.9. The second-order valence-corrected chi connectivity index (χ2v) is 7.08. The molecule has 0 amide bonds. The Morgan fingerprint density at radius 1 is 1.31 bits per heavy atom. The van der Waals surface area contributed by atoms with Gasteiger partial charge in [0.25, 0.3) is 0 Å². The largest absolute Gasteiger partial charge is 0.456 e. The highest BCUT2D eigenvalue weighted by Gasteiger charge is 2.12. The van der Waals surface area contributed by atoms with Crippen LogP contribution >= 0.6 is 34.7 Å². The molecular weight excluding hydrogens is 395 g/mol. The Morgan fingerprint density at radius 3 is 2.77 bits per heavy atom. The summed E-state index contributed by atoms with van der Waals surface area (Å²) in [5.74, 6) is -0.527. The Bertz CT molecular complexity index is 938. The topological polar surface area (TPSA) is 69.9 Å². The monoisotopic (exact) mass is 408 g/mol. The van der Waals surface area contributed by atoms with Crippen molar-refractivity contribution in [1.29, 1.82) is 0 Å². The Labute approximate surface area is 164 Å². The fourth-order valence-corrected chi connectivity index (χ4v) is 3.14. The van der Waals surface area contributed by atoms with E-state index in [4.69, 9.17) is 27.9 Å². The first kappa shape index (κ1) is 18.6. The van der Waals surface area contributed by atoms with Crippen LogP contribution in [-0.4, -0.2) is 25.3 Å². The average Bonchev–Trinajstić information content (AvgIpc) is 3.15. The van der Waals surface area contributed by atoms with Crippen molar-refractivity contribution in [2.24, 2.45) is 0 Å². The molecule has 0 aliphatic carbocycles. The summed E-state index contributed by atoms with van der Waals surface area (Å²) in [6, 6.07) is 9.87. The number of aryl methyl sites for hydroxylation is 1. The number of nitrogens with zero attached hydrogens (tertiary/aromatic N) is 4. The number of carbonyl (C=O) groups excluding carboxylic acids is 1. The zero-order chi connectivity index (χ0) is 18.5. The van der Waals surface area contributed by atoms with Gasteiger partial charge in [0.05, 0.1) is 12.2 Å². The zero-order valence-corrected chi connectivity index (χ0v) is 16.1. The molecule has 3 rings (SSSR count). The summed E-state index contributed by atoms with van der Waals surface area (Å²) in [6.07, 6.45) is 2.89. The minimum atomic E-state index is -0.527. The third-order valence-corrected chi connectivity index (χ3v) is 4.91. The standard InChI is InChI=1S/C17H14Cl2N4O2S/c1-11-13(7-8-15(24)25-10-14-17(19)26-22-20-14)16(18)23(21-11)9-12-5-3-2-4-6-12/h2-8H,9-10H2,1H3/b8-7+. The van der Waals surface area contributed by atoms with Crippen molar-refractivity contribution in [3.8, 4) is 0 Å². The van der Waals surface area contributed by atoms with E-state index in [-0.39, 0.29) is 6.61 Å². The highest BCUT2D eigenvalue weighted by atomic mass is 35.5. The molecule has 0 aliphatic rings. The van der Waals surface area contributed by atoms with Crippen LogP contribution in [0.2, 0.25) is 9.49 Å². The average molecular weight is 409 g/mol. The predicted molar refractivity (Wildman–Crippen MR) is 101 cm³/mol. The van der Waals surface area contributed by atoms with Crippen LogP contribution < -0.4 is 0 Å². The molecule has 3 aromatic rings. The second kappa shape index (κ2) is 8.44. The molecule has 0 saturated heterocycles. The lowest BCUT2D eigenvalue weighted by atomic mass is 10.2. The second-order valence-electron chi connectivity index (χ2n) is 5.37. The quantitative estimate of drug-likeness (QED) is 0.452. The Kier molecular flexibility index (Phi) is 6.03. The third kappa shape index (κ3) is 4.49. The van der Waals surface area contributed by atoms with Crippen LogP contribution in [0, 0.1) is 6.92 Å². The van der Waals surface area contributed by atoms with Gasteiger partial charge >= 0.3 is 5.97 Å². The lowest BCUT2D eigenvalue weighted by molar-refractivity contribution is -0.139. The molecule has 0 saturated carbocycles. The number of rotatable bonds is 6. The van der Waals surface area contributed by atoms with Gasteiger partial charge in [-0.2, -0.15) is 5.10 Å². The van der Waals surface area contributed by atoms with Crippen LogP contribution in [0.1, 0.15) is 22.5 Å². The van der Waals surface area contributed by atoms with Crippen molar-refractivity contribution in [2.75, 3.05) is 0 Å². The molecule has 0 radical (unpaired) electrons. The van der Waals surface area contributed by atoms with Gasteiger partial charge < -0.3 is 4.74 Å². The Balaban J connectivity index is 1.66. The summed E-state index contributed by atoms with van der Waals surface area (Å²) in [6.45, 7) is 2.35. The molecule has 0 aliphatic heterocycles. The molecule has 2 heterocycles. The molecule has 0 N–H and O–H groups in total. The third-order valence-electron chi connectivity index (χ3n) is 3.53. The van der Waals surface area contributed by atoms with Crippen molar-refractivity contribution in [3.63, 3.8) is 0 Å². The SMILES string of the molecule is Cc1nn(Cc2ccccc2)c(Cl)c1/C=C/C(=O)OCc1nnsc1Cl. The first-order valence-corrected chi connectivity index (χ1v) is 9.16. The summed E-state index contributed by atoms with van der Waals surface area (Å²) < 4.78 is 10.9. The minimum absolute atomic E-state index is 0.0293. The maximum Gasteiger partial charge on any atom is 0.331 e. The number of esters is 1. The highest BCUT2D eigenvalue weighted by Crippen LogP contribution is 2.22.